The van der Waals surface area contributed by atoms with Crippen LogP contribution in [-0.4, -0.2) is 5.38 Å². The van der Waals surface area contributed by atoms with Crippen molar-refractivity contribution in [2.45, 2.75) is 44.9 Å². The second kappa shape index (κ2) is 6.08. The summed E-state index contributed by atoms with van der Waals surface area (Å²) in [6, 6.07) is 8.92. The summed E-state index contributed by atoms with van der Waals surface area (Å²) in [6.07, 6.45) is 4.57. The maximum atomic E-state index is 5.91. The molecule has 0 aromatic heterocycles. The van der Waals surface area contributed by atoms with E-state index in [0.717, 1.165) is 12.8 Å². The number of benzene rings is 1. The number of hydrogen-bond acceptors (Lipinski definition) is 0. The lowest BCUT2D eigenvalue weighted by molar-refractivity contribution is 0.802. The molecule has 0 radical (unpaired) electrons. The Labute approximate surface area is 92.3 Å². The zero-order valence-corrected chi connectivity index (χ0v) is 9.85. The molecule has 0 spiro atoms. The summed E-state index contributed by atoms with van der Waals surface area (Å²) in [6.45, 7) is 4.26. The molecule has 0 heterocycles. The van der Waals surface area contributed by atoms with Crippen molar-refractivity contribution in [1.29, 1.82) is 0 Å². The van der Waals surface area contributed by atoms with Crippen molar-refractivity contribution in [1.82, 2.24) is 0 Å². The maximum absolute atomic E-state index is 5.91. The predicted octanol–water partition coefficient (Wildman–Crippen LogP) is 4.20. The molecule has 0 fully saturated rings. The molecule has 0 aliphatic heterocycles. The van der Waals surface area contributed by atoms with Gasteiger partial charge in [-0.1, -0.05) is 37.6 Å². The Kier molecular flexibility index (Phi) is 5.03. The Morgan fingerprint density at radius 1 is 1.07 bits per heavy atom. The van der Waals surface area contributed by atoms with Gasteiger partial charge in [0, 0.05) is 5.38 Å². The fourth-order valence-corrected chi connectivity index (χ4v) is 1.64. The third-order valence-electron chi connectivity index (χ3n) is 2.39. The summed E-state index contributed by atoms with van der Waals surface area (Å²) in [4.78, 5) is 0. The molecule has 14 heavy (non-hydrogen) atoms. The molecule has 0 saturated carbocycles. The van der Waals surface area contributed by atoms with Crippen LogP contribution in [0.1, 0.15) is 37.8 Å². The summed E-state index contributed by atoms with van der Waals surface area (Å²) in [5.74, 6) is 0. The number of rotatable bonds is 5. The number of aryl methyl sites for hydroxylation is 2. The molecule has 0 amide bonds. The highest BCUT2D eigenvalue weighted by Crippen LogP contribution is 2.11. The molecule has 1 aromatic carbocycles. The SMILES string of the molecule is CCCc1ccc(CCC(C)Cl)cc1. The van der Waals surface area contributed by atoms with Crippen LogP contribution in [0.25, 0.3) is 0 Å². The predicted molar refractivity (Wildman–Crippen MR) is 64.1 cm³/mol. The van der Waals surface area contributed by atoms with Crippen LogP contribution in [0.2, 0.25) is 0 Å². The molecule has 1 aromatic rings. The topological polar surface area (TPSA) is 0 Å². The molecule has 0 N–H and O–H groups in total. The molecule has 78 valence electrons. The van der Waals surface area contributed by atoms with Gasteiger partial charge in [-0.15, -0.1) is 11.6 Å². The Balaban J connectivity index is 2.46. The molecule has 1 heteroatoms. The van der Waals surface area contributed by atoms with Gasteiger partial charge >= 0.3 is 0 Å². The first-order chi connectivity index (χ1) is 6.72. The van der Waals surface area contributed by atoms with Gasteiger partial charge in [0.1, 0.15) is 0 Å². The van der Waals surface area contributed by atoms with Gasteiger partial charge in [0.05, 0.1) is 0 Å². The van der Waals surface area contributed by atoms with Gasteiger partial charge in [-0.25, -0.2) is 0 Å². The Morgan fingerprint density at radius 2 is 1.57 bits per heavy atom. The van der Waals surface area contributed by atoms with Crippen LogP contribution in [0, 0.1) is 0 Å². The number of alkyl halides is 1. The average Bonchev–Trinajstić information content (AvgIpc) is 2.17. The molecule has 0 saturated heterocycles. The molecule has 0 nitrogen and oxygen atoms in total. The van der Waals surface area contributed by atoms with Crippen LogP contribution in [0.3, 0.4) is 0 Å². The largest absolute Gasteiger partial charge is 0.123 e. The third-order valence-corrected chi connectivity index (χ3v) is 2.61. The minimum Gasteiger partial charge on any atom is -0.123 e. The smallest absolute Gasteiger partial charge is 0.0311 e. The number of halogens is 1. The van der Waals surface area contributed by atoms with E-state index >= 15 is 0 Å². The van der Waals surface area contributed by atoms with Crippen molar-refractivity contribution in [3.8, 4) is 0 Å². The van der Waals surface area contributed by atoms with Crippen LogP contribution in [0.15, 0.2) is 24.3 Å². The van der Waals surface area contributed by atoms with Crippen molar-refractivity contribution in [2.24, 2.45) is 0 Å². The first-order valence-corrected chi connectivity index (χ1v) is 5.88. The van der Waals surface area contributed by atoms with Crippen molar-refractivity contribution in [2.75, 3.05) is 0 Å². The fourth-order valence-electron chi connectivity index (χ4n) is 1.53. The Morgan fingerprint density at radius 3 is 2.00 bits per heavy atom. The zero-order chi connectivity index (χ0) is 10.4. The summed E-state index contributed by atoms with van der Waals surface area (Å²) >= 11 is 5.91. The highest BCUT2D eigenvalue weighted by molar-refractivity contribution is 6.20. The molecule has 1 rings (SSSR count). The lowest BCUT2D eigenvalue weighted by Gasteiger charge is -2.04. The van der Waals surface area contributed by atoms with Crippen molar-refractivity contribution in [3.63, 3.8) is 0 Å². The minimum atomic E-state index is 0.283. The Bertz CT molecular complexity index is 248. The quantitative estimate of drug-likeness (QED) is 0.639. The van der Waals surface area contributed by atoms with E-state index in [1.54, 1.807) is 0 Å². The monoisotopic (exact) mass is 210 g/mol. The summed E-state index contributed by atoms with van der Waals surface area (Å²) in [7, 11) is 0. The highest BCUT2D eigenvalue weighted by Gasteiger charge is 1.98. The maximum Gasteiger partial charge on any atom is 0.0311 e. The van der Waals surface area contributed by atoms with Gasteiger partial charge in [-0.05, 0) is 37.3 Å². The van der Waals surface area contributed by atoms with E-state index in [9.17, 15) is 0 Å². The van der Waals surface area contributed by atoms with Gasteiger partial charge in [0.2, 0.25) is 0 Å². The van der Waals surface area contributed by atoms with E-state index in [4.69, 9.17) is 11.6 Å². The summed E-state index contributed by atoms with van der Waals surface area (Å²) in [5.41, 5.74) is 2.84. The van der Waals surface area contributed by atoms with Crippen LogP contribution < -0.4 is 0 Å². The van der Waals surface area contributed by atoms with Crippen LogP contribution in [0.4, 0.5) is 0 Å². The first-order valence-electron chi connectivity index (χ1n) is 5.44. The van der Waals surface area contributed by atoms with E-state index in [2.05, 4.69) is 31.2 Å². The molecule has 1 atom stereocenters. The first kappa shape index (κ1) is 11.6. The van der Waals surface area contributed by atoms with Crippen molar-refractivity contribution < 1.29 is 0 Å². The fraction of sp³-hybridized carbons (Fsp3) is 0.538. The Hall–Kier alpha value is -0.490. The summed E-state index contributed by atoms with van der Waals surface area (Å²) < 4.78 is 0. The normalized spacial score (nSPS) is 12.8. The minimum absolute atomic E-state index is 0.283. The third kappa shape index (κ3) is 4.15. The van der Waals surface area contributed by atoms with Crippen LogP contribution in [0.5, 0.6) is 0 Å². The zero-order valence-electron chi connectivity index (χ0n) is 9.09. The average molecular weight is 211 g/mol. The standard InChI is InChI=1S/C13H19Cl/c1-3-4-12-7-9-13(10-8-12)6-5-11(2)14/h7-11H,3-6H2,1-2H3. The lowest BCUT2D eigenvalue weighted by Crippen LogP contribution is -1.94. The van der Waals surface area contributed by atoms with Crippen molar-refractivity contribution in [3.05, 3.63) is 35.4 Å². The van der Waals surface area contributed by atoms with Gasteiger partial charge < -0.3 is 0 Å². The molecule has 0 aliphatic rings. The molecule has 0 aliphatic carbocycles. The van der Waals surface area contributed by atoms with E-state index in [1.807, 2.05) is 6.92 Å². The number of hydrogen-bond donors (Lipinski definition) is 0. The van der Waals surface area contributed by atoms with E-state index in [-0.39, 0.29) is 5.38 Å². The summed E-state index contributed by atoms with van der Waals surface area (Å²) in [5, 5.41) is 0.283. The highest BCUT2D eigenvalue weighted by atomic mass is 35.5. The van der Waals surface area contributed by atoms with E-state index in [1.165, 1.54) is 24.0 Å². The van der Waals surface area contributed by atoms with Crippen LogP contribution in [-0.2, 0) is 12.8 Å². The van der Waals surface area contributed by atoms with Crippen molar-refractivity contribution >= 4 is 11.6 Å². The van der Waals surface area contributed by atoms with Gasteiger partial charge in [0.15, 0.2) is 0 Å². The van der Waals surface area contributed by atoms with Gasteiger partial charge in [-0.2, -0.15) is 0 Å². The molecule has 0 bridgehead atoms. The molecular weight excluding hydrogens is 192 g/mol. The second-order valence-corrected chi connectivity index (χ2v) is 4.63. The lowest BCUT2D eigenvalue weighted by atomic mass is 10.0. The second-order valence-electron chi connectivity index (χ2n) is 3.89. The molecule has 1 unspecified atom stereocenters. The van der Waals surface area contributed by atoms with E-state index < -0.39 is 0 Å². The van der Waals surface area contributed by atoms with Gasteiger partial charge in [-0.3, -0.25) is 0 Å². The van der Waals surface area contributed by atoms with Gasteiger partial charge in [0.25, 0.3) is 0 Å². The van der Waals surface area contributed by atoms with Crippen LogP contribution >= 0.6 is 11.6 Å². The molecular formula is C13H19Cl. The van der Waals surface area contributed by atoms with E-state index in [0.29, 0.717) is 0 Å².